The van der Waals surface area contributed by atoms with Crippen LogP contribution >= 0.6 is 0 Å². The quantitative estimate of drug-likeness (QED) is 0.744. The molecule has 4 nitrogen and oxygen atoms in total. The Kier molecular flexibility index (Phi) is 3.14. The molecule has 26 heavy (non-hydrogen) atoms. The van der Waals surface area contributed by atoms with Crippen LogP contribution in [-0.4, -0.2) is 53.2 Å². The third kappa shape index (κ3) is 1.57. The van der Waals surface area contributed by atoms with E-state index < -0.39 is 0 Å². The zero-order chi connectivity index (χ0) is 17.9. The highest BCUT2D eigenvalue weighted by molar-refractivity contribution is 5.32. The van der Waals surface area contributed by atoms with E-state index in [1.165, 1.54) is 32.1 Å². The molecule has 7 aliphatic rings. The maximum Gasteiger partial charge on any atom is 0.117 e. The van der Waals surface area contributed by atoms with Gasteiger partial charge in [-0.2, -0.15) is 0 Å². The van der Waals surface area contributed by atoms with Gasteiger partial charge in [-0.3, -0.25) is 4.90 Å². The maximum absolute atomic E-state index is 11.3. The summed E-state index contributed by atoms with van der Waals surface area (Å²) in [6.45, 7) is 8.80. The van der Waals surface area contributed by atoms with Gasteiger partial charge in [-0.25, -0.2) is 0 Å². The molecule has 2 spiro atoms. The first-order valence-corrected chi connectivity index (χ1v) is 10.8. The molecular weight excluding hydrogens is 326 g/mol. The van der Waals surface area contributed by atoms with Gasteiger partial charge in [0.05, 0.1) is 18.8 Å². The van der Waals surface area contributed by atoms with Crippen molar-refractivity contribution in [2.45, 2.75) is 70.3 Å². The highest BCUT2D eigenvalue weighted by atomic mass is 16.5. The monoisotopic (exact) mass is 359 g/mol. The van der Waals surface area contributed by atoms with E-state index in [0.717, 1.165) is 37.4 Å². The molecule has 0 aromatic heterocycles. The summed E-state index contributed by atoms with van der Waals surface area (Å²) < 4.78 is 6.87. The Hall–Kier alpha value is -0.420. The molecule has 0 aromatic rings. The summed E-state index contributed by atoms with van der Waals surface area (Å²) in [5.41, 5.74) is 1.53. The predicted molar refractivity (Wildman–Crippen MR) is 98.2 cm³/mol. The number of hydrogen-bond acceptors (Lipinski definition) is 4. The number of piperidine rings is 1. The van der Waals surface area contributed by atoms with Gasteiger partial charge in [0.25, 0.3) is 0 Å². The smallest absolute Gasteiger partial charge is 0.117 e. The van der Waals surface area contributed by atoms with Crippen LogP contribution in [0.4, 0.5) is 0 Å². The minimum absolute atomic E-state index is 0.0759. The lowest BCUT2D eigenvalue weighted by Crippen LogP contribution is -2.80. The zero-order valence-electron chi connectivity index (χ0n) is 16.0. The fraction of sp³-hybridized carbons (Fsp3) is 0.909. The van der Waals surface area contributed by atoms with Gasteiger partial charge < -0.3 is 14.9 Å². The first-order valence-electron chi connectivity index (χ1n) is 10.8. The summed E-state index contributed by atoms with van der Waals surface area (Å²) in [6.07, 6.45) is 8.44. The Morgan fingerprint density at radius 1 is 1.23 bits per heavy atom. The van der Waals surface area contributed by atoms with Crippen molar-refractivity contribution in [3.63, 3.8) is 0 Å². The summed E-state index contributed by atoms with van der Waals surface area (Å²) in [5, 5.41) is 21.0. The van der Waals surface area contributed by atoms with Crippen molar-refractivity contribution in [1.82, 2.24) is 4.90 Å². The van der Waals surface area contributed by atoms with E-state index in [0.29, 0.717) is 17.3 Å². The first-order chi connectivity index (χ1) is 12.5. The number of ether oxygens (including phenoxy) is 1. The molecule has 4 aliphatic carbocycles. The molecule has 9 atom stereocenters. The first kappa shape index (κ1) is 16.5. The number of fused-ring (bicyclic) bond motifs is 1. The minimum Gasteiger partial charge on any atom is -0.395 e. The molecule has 3 saturated heterocycles. The van der Waals surface area contributed by atoms with Gasteiger partial charge in [-0.05, 0) is 67.3 Å². The van der Waals surface area contributed by atoms with E-state index >= 15 is 0 Å². The Bertz CT molecular complexity index is 666. The third-order valence-corrected chi connectivity index (χ3v) is 10.0. The SMILES string of the molecule is C=C1[C@@H]2CC[C@@H]3[C@@](C2)([C@@H]1O)[C@H]1C[C@@H]2[C@@]4(C)CCC[C@@]32[C@@H](O1)N(CCO)C4. The van der Waals surface area contributed by atoms with Gasteiger partial charge in [0.2, 0.25) is 0 Å². The second-order valence-corrected chi connectivity index (χ2v) is 10.7. The van der Waals surface area contributed by atoms with Gasteiger partial charge in [-0.15, -0.1) is 0 Å². The van der Waals surface area contributed by atoms with Gasteiger partial charge in [-0.1, -0.05) is 19.9 Å². The Morgan fingerprint density at radius 2 is 2.08 bits per heavy atom. The van der Waals surface area contributed by atoms with Crippen LogP contribution in [-0.2, 0) is 4.74 Å². The summed E-state index contributed by atoms with van der Waals surface area (Å²) in [4.78, 5) is 2.47. The van der Waals surface area contributed by atoms with E-state index in [9.17, 15) is 10.2 Å². The Balaban J connectivity index is 1.53. The molecule has 144 valence electrons. The van der Waals surface area contributed by atoms with Crippen LogP contribution in [0, 0.1) is 34.0 Å². The average Bonchev–Trinajstić information content (AvgIpc) is 2.80. The topological polar surface area (TPSA) is 52.9 Å². The number of β-amino-alcohol motifs (C(OH)–C–C–N with tert-alkyl or cyclic N) is 1. The van der Waals surface area contributed by atoms with E-state index in [4.69, 9.17) is 4.74 Å². The molecule has 4 heteroatoms. The Morgan fingerprint density at radius 3 is 2.88 bits per heavy atom. The fourth-order valence-corrected chi connectivity index (χ4v) is 9.36. The van der Waals surface area contributed by atoms with Crippen LogP contribution in [0.2, 0.25) is 0 Å². The van der Waals surface area contributed by atoms with E-state index in [1.54, 1.807) is 0 Å². The Labute approximate surface area is 156 Å². The number of rotatable bonds is 2. The van der Waals surface area contributed by atoms with E-state index in [2.05, 4.69) is 18.4 Å². The molecule has 0 radical (unpaired) electrons. The lowest BCUT2D eigenvalue weighted by Gasteiger charge is -2.77. The van der Waals surface area contributed by atoms with Crippen LogP contribution in [0.3, 0.4) is 0 Å². The molecule has 3 aliphatic heterocycles. The standard InChI is InChI=1S/C22H33NO3/c1-13-14-4-5-15-21-7-3-6-20(2)12-23(8-9-24)19(21)26-17(10-16(20)21)22(15,11-14)18(13)25/h14-19,24-25H,1,3-12H2,2H3/t14-,15+,16-,17-,18-,19-,20+,21-,22-/m1/s1. The van der Waals surface area contributed by atoms with Crippen molar-refractivity contribution < 1.29 is 14.9 Å². The lowest BCUT2D eigenvalue weighted by molar-refractivity contribution is -0.394. The van der Waals surface area contributed by atoms with Crippen LogP contribution < -0.4 is 0 Å². The number of aliphatic hydroxyl groups is 2. The lowest BCUT2D eigenvalue weighted by atomic mass is 9.36. The number of nitrogens with zero attached hydrogens (tertiary/aromatic N) is 1. The highest BCUT2D eigenvalue weighted by Crippen LogP contribution is 2.78. The maximum atomic E-state index is 11.3. The summed E-state index contributed by atoms with van der Waals surface area (Å²) >= 11 is 0. The predicted octanol–water partition coefficient (Wildman–Crippen LogP) is 2.55. The summed E-state index contributed by atoms with van der Waals surface area (Å²) in [6, 6.07) is 0. The molecule has 2 N–H and O–H groups in total. The van der Waals surface area contributed by atoms with Crippen molar-refractivity contribution >= 4 is 0 Å². The summed E-state index contributed by atoms with van der Waals surface area (Å²) in [7, 11) is 0. The molecular formula is C22H33NO3. The van der Waals surface area contributed by atoms with Crippen LogP contribution in [0.15, 0.2) is 12.2 Å². The summed E-state index contributed by atoms with van der Waals surface area (Å²) in [5.74, 6) is 1.78. The molecule has 7 bridgehead atoms. The van der Waals surface area contributed by atoms with Crippen molar-refractivity contribution in [2.24, 2.45) is 34.0 Å². The third-order valence-electron chi connectivity index (χ3n) is 10.0. The second kappa shape index (κ2) is 4.94. The van der Waals surface area contributed by atoms with Crippen LogP contribution in [0.1, 0.15) is 51.9 Å². The van der Waals surface area contributed by atoms with Gasteiger partial charge in [0, 0.05) is 23.9 Å². The molecule has 4 saturated carbocycles. The molecule has 0 aromatic carbocycles. The minimum atomic E-state index is -0.373. The van der Waals surface area contributed by atoms with Crippen molar-refractivity contribution in [1.29, 1.82) is 0 Å². The molecule has 0 unspecified atom stereocenters. The van der Waals surface area contributed by atoms with Crippen molar-refractivity contribution in [2.75, 3.05) is 19.7 Å². The normalized spacial score (nSPS) is 60.2. The molecule has 7 fully saturated rings. The second-order valence-electron chi connectivity index (χ2n) is 10.7. The highest BCUT2D eigenvalue weighted by Gasteiger charge is 2.78. The fourth-order valence-electron chi connectivity index (χ4n) is 9.36. The van der Waals surface area contributed by atoms with Crippen LogP contribution in [0.5, 0.6) is 0 Å². The average molecular weight is 360 g/mol. The molecule has 0 amide bonds. The van der Waals surface area contributed by atoms with Crippen molar-refractivity contribution in [3.05, 3.63) is 12.2 Å². The number of aliphatic hydroxyl groups excluding tert-OH is 2. The number of likely N-dealkylation sites (tertiary alicyclic amines) is 1. The van der Waals surface area contributed by atoms with E-state index in [1.807, 2.05) is 0 Å². The molecule has 7 rings (SSSR count). The van der Waals surface area contributed by atoms with Gasteiger partial charge >= 0.3 is 0 Å². The van der Waals surface area contributed by atoms with Gasteiger partial charge in [0.15, 0.2) is 0 Å². The number of hydrogen-bond donors (Lipinski definition) is 2. The van der Waals surface area contributed by atoms with Gasteiger partial charge in [0.1, 0.15) is 6.23 Å². The van der Waals surface area contributed by atoms with Crippen molar-refractivity contribution in [3.8, 4) is 0 Å². The largest absolute Gasteiger partial charge is 0.395 e. The zero-order valence-corrected chi connectivity index (χ0v) is 16.0. The molecule has 3 heterocycles. The van der Waals surface area contributed by atoms with E-state index in [-0.39, 0.29) is 35.9 Å². The van der Waals surface area contributed by atoms with Crippen LogP contribution in [0.25, 0.3) is 0 Å².